The molecule has 4 rings (SSSR count). The van der Waals surface area contributed by atoms with Gasteiger partial charge in [0.2, 0.25) is 5.91 Å². The SMILES string of the molecule is CC(C(=O)Nc1cc(C2CC2)[nH]n1)c1cccc(C2=CCN=C(C(C)(C)C)C2)c1. The van der Waals surface area contributed by atoms with Crippen LogP contribution in [0.2, 0.25) is 0 Å². The number of H-pyrrole nitrogens is 1. The topological polar surface area (TPSA) is 70.1 Å². The van der Waals surface area contributed by atoms with E-state index in [9.17, 15) is 4.79 Å². The Morgan fingerprint density at radius 2 is 2.03 bits per heavy atom. The molecule has 1 saturated carbocycles. The van der Waals surface area contributed by atoms with Crippen molar-refractivity contribution in [2.75, 3.05) is 11.9 Å². The van der Waals surface area contributed by atoms with Gasteiger partial charge in [-0.2, -0.15) is 5.10 Å². The van der Waals surface area contributed by atoms with Crippen molar-refractivity contribution in [1.82, 2.24) is 10.2 Å². The molecule has 1 aromatic carbocycles. The van der Waals surface area contributed by atoms with Crippen LogP contribution in [0.25, 0.3) is 5.57 Å². The van der Waals surface area contributed by atoms with Crippen LogP contribution in [0.15, 0.2) is 41.4 Å². The van der Waals surface area contributed by atoms with Crippen molar-refractivity contribution < 1.29 is 4.79 Å². The van der Waals surface area contributed by atoms with E-state index in [0.717, 1.165) is 24.2 Å². The van der Waals surface area contributed by atoms with Gasteiger partial charge in [0.1, 0.15) is 0 Å². The highest BCUT2D eigenvalue weighted by molar-refractivity contribution is 5.99. The normalized spacial score (nSPS) is 18.1. The third kappa shape index (κ3) is 4.50. The highest BCUT2D eigenvalue weighted by Crippen LogP contribution is 2.39. The predicted molar refractivity (Wildman–Crippen MR) is 118 cm³/mol. The fourth-order valence-electron chi connectivity index (χ4n) is 3.69. The number of amides is 1. The summed E-state index contributed by atoms with van der Waals surface area (Å²) in [6, 6.07) is 10.3. The molecular weight excluding hydrogens is 360 g/mol. The highest BCUT2D eigenvalue weighted by atomic mass is 16.1. The number of hydrogen-bond acceptors (Lipinski definition) is 3. The lowest BCUT2D eigenvalue weighted by molar-refractivity contribution is -0.117. The summed E-state index contributed by atoms with van der Waals surface area (Å²) >= 11 is 0. The minimum absolute atomic E-state index is 0.0365. The largest absolute Gasteiger partial charge is 0.309 e. The van der Waals surface area contributed by atoms with Crippen LogP contribution < -0.4 is 5.32 Å². The van der Waals surface area contributed by atoms with Crippen molar-refractivity contribution in [2.45, 2.75) is 58.8 Å². The second-order valence-electron chi connectivity index (χ2n) is 9.26. The van der Waals surface area contributed by atoms with Gasteiger partial charge in [-0.05, 0) is 36.5 Å². The van der Waals surface area contributed by atoms with Crippen LogP contribution in [0.4, 0.5) is 5.82 Å². The number of carbonyl (C=O) groups is 1. The molecule has 1 aliphatic heterocycles. The number of dihydropyridines is 1. The predicted octanol–water partition coefficient (Wildman–Crippen LogP) is 5.30. The number of nitrogens with one attached hydrogen (secondary N) is 2. The lowest BCUT2D eigenvalue weighted by Crippen LogP contribution is -2.23. The van der Waals surface area contributed by atoms with Gasteiger partial charge in [-0.3, -0.25) is 14.9 Å². The fraction of sp³-hybridized carbons (Fsp3) is 0.458. The molecule has 0 saturated heterocycles. The third-order valence-electron chi connectivity index (χ3n) is 5.86. The number of aromatic nitrogens is 2. The number of allylic oxidation sites excluding steroid dienone is 1. The van der Waals surface area contributed by atoms with Gasteiger partial charge >= 0.3 is 0 Å². The summed E-state index contributed by atoms with van der Waals surface area (Å²) in [5.74, 6) is 0.912. The first-order valence-electron chi connectivity index (χ1n) is 10.5. The lowest BCUT2D eigenvalue weighted by Gasteiger charge is -2.25. The molecule has 5 nitrogen and oxygen atoms in total. The summed E-state index contributed by atoms with van der Waals surface area (Å²) in [4.78, 5) is 17.5. The Morgan fingerprint density at radius 1 is 1.24 bits per heavy atom. The van der Waals surface area contributed by atoms with Crippen LogP contribution in [-0.4, -0.2) is 28.4 Å². The van der Waals surface area contributed by atoms with Gasteiger partial charge in [0.25, 0.3) is 0 Å². The highest BCUT2D eigenvalue weighted by Gasteiger charge is 2.26. The van der Waals surface area contributed by atoms with Gasteiger partial charge < -0.3 is 5.32 Å². The van der Waals surface area contributed by atoms with Gasteiger partial charge in [-0.1, -0.05) is 51.1 Å². The Bertz CT molecular complexity index is 973. The van der Waals surface area contributed by atoms with Crippen molar-refractivity contribution >= 4 is 23.0 Å². The Kier molecular flexibility index (Phi) is 5.15. The third-order valence-corrected chi connectivity index (χ3v) is 5.86. The molecule has 152 valence electrons. The van der Waals surface area contributed by atoms with Crippen molar-refractivity contribution in [3.05, 3.63) is 53.2 Å². The zero-order valence-electron chi connectivity index (χ0n) is 17.7. The van der Waals surface area contributed by atoms with E-state index < -0.39 is 0 Å². The van der Waals surface area contributed by atoms with E-state index in [1.54, 1.807) is 0 Å². The van der Waals surface area contributed by atoms with Crippen molar-refractivity contribution in [3.8, 4) is 0 Å². The summed E-state index contributed by atoms with van der Waals surface area (Å²) in [5.41, 5.74) is 5.91. The molecule has 0 spiro atoms. The Morgan fingerprint density at radius 3 is 2.76 bits per heavy atom. The van der Waals surface area contributed by atoms with E-state index in [4.69, 9.17) is 4.99 Å². The second kappa shape index (κ2) is 7.62. The number of hydrogen-bond donors (Lipinski definition) is 2. The van der Waals surface area contributed by atoms with Crippen LogP contribution in [0.3, 0.4) is 0 Å². The maximum Gasteiger partial charge on any atom is 0.232 e. The summed E-state index contributed by atoms with van der Waals surface area (Å²) in [6.07, 6.45) is 5.47. The summed E-state index contributed by atoms with van der Waals surface area (Å²) in [5, 5.41) is 10.2. The smallest absolute Gasteiger partial charge is 0.232 e. The van der Waals surface area contributed by atoms with E-state index in [1.807, 2.05) is 25.1 Å². The molecule has 2 aliphatic rings. The Labute approximate surface area is 172 Å². The van der Waals surface area contributed by atoms with E-state index in [1.165, 1.54) is 29.7 Å². The van der Waals surface area contributed by atoms with E-state index in [0.29, 0.717) is 11.7 Å². The number of aliphatic imine (C=N–C) groups is 1. The monoisotopic (exact) mass is 390 g/mol. The number of carbonyl (C=O) groups excluding carboxylic acids is 1. The standard InChI is InChI=1S/C24H30N4O/c1-15(23(29)26-22-14-20(27-28-22)16-8-9-16)17-6-5-7-18(12-17)19-10-11-25-21(13-19)24(2,3)4/h5-7,10,12,14-16H,8-9,11,13H2,1-4H3,(H2,26,27,28,29). The van der Waals surface area contributed by atoms with Gasteiger partial charge in [-0.25, -0.2) is 0 Å². The summed E-state index contributed by atoms with van der Waals surface area (Å²) in [7, 11) is 0. The first-order chi connectivity index (χ1) is 13.8. The molecule has 0 radical (unpaired) electrons. The average molecular weight is 391 g/mol. The summed E-state index contributed by atoms with van der Waals surface area (Å²) < 4.78 is 0. The lowest BCUT2D eigenvalue weighted by atomic mass is 9.83. The van der Waals surface area contributed by atoms with Crippen LogP contribution in [0, 0.1) is 5.41 Å². The number of benzene rings is 1. The van der Waals surface area contributed by atoms with Crippen LogP contribution in [-0.2, 0) is 4.79 Å². The fourth-order valence-corrected chi connectivity index (χ4v) is 3.69. The van der Waals surface area contributed by atoms with Gasteiger partial charge in [0.15, 0.2) is 5.82 Å². The van der Waals surface area contributed by atoms with E-state index >= 15 is 0 Å². The van der Waals surface area contributed by atoms with Gasteiger partial charge in [0, 0.05) is 35.2 Å². The summed E-state index contributed by atoms with van der Waals surface area (Å²) in [6.45, 7) is 9.30. The molecule has 2 heterocycles. The molecule has 1 aliphatic carbocycles. The van der Waals surface area contributed by atoms with E-state index in [2.05, 4.69) is 54.5 Å². The van der Waals surface area contributed by atoms with Crippen LogP contribution >= 0.6 is 0 Å². The molecule has 1 unspecified atom stereocenters. The minimum Gasteiger partial charge on any atom is -0.309 e. The molecule has 1 fully saturated rings. The zero-order chi connectivity index (χ0) is 20.6. The molecule has 1 amide bonds. The number of aromatic amines is 1. The molecule has 29 heavy (non-hydrogen) atoms. The second-order valence-corrected chi connectivity index (χ2v) is 9.26. The quantitative estimate of drug-likeness (QED) is 0.727. The molecular formula is C24H30N4O. The Hall–Kier alpha value is -2.69. The van der Waals surface area contributed by atoms with Crippen molar-refractivity contribution in [3.63, 3.8) is 0 Å². The van der Waals surface area contributed by atoms with E-state index in [-0.39, 0.29) is 17.2 Å². The van der Waals surface area contributed by atoms with Crippen LogP contribution in [0.1, 0.15) is 75.6 Å². The molecule has 0 bridgehead atoms. The maximum atomic E-state index is 12.8. The van der Waals surface area contributed by atoms with Gasteiger partial charge in [0.05, 0.1) is 12.5 Å². The average Bonchev–Trinajstić information content (AvgIpc) is 3.46. The molecule has 1 atom stereocenters. The molecule has 2 N–H and O–H groups in total. The molecule has 1 aromatic heterocycles. The first-order valence-corrected chi connectivity index (χ1v) is 10.5. The Balaban J connectivity index is 1.46. The zero-order valence-corrected chi connectivity index (χ0v) is 17.7. The number of nitrogens with zero attached hydrogens (tertiary/aromatic N) is 2. The number of anilines is 1. The molecule has 5 heteroatoms. The number of rotatable bonds is 5. The first kappa shape index (κ1) is 19.6. The minimum atomic E-state index is -0.254. The van der Waals surface area contributed by atoms with Gasteiger partial charge in [-0.15, -0.1) is 0 Å². The van der Waals surface area contributed by atoms with Crippen molar-refractivity contribution in [2.24, 2.45) is 10.4 Å². The molecule has 2 aromatic rings. The van der Waals surface area contributed by atoms with Crippen LogP contribution in [0.5, 0.6) is 0 Å². The maximum absolute atomic E-state index is 12.8. The van der Waals surface area contributed by atoms with Crippen molar-refractivity contribution in [1.29, 1.82) is 0 Å².